The van der Waals surface area contributed by atoms with Crippen LogP contribution < -0.4 is 9.80 Å². The van der Waals surface area contributed by atoms with E-state index < -0.39 is 0 Å². The summed E-state index contributed by atoms with van der Waals surface area (Å²) in [7, 11) is 4.28. The molecule has 2 aliphatic heterocycles. The first-order valence-corrected chi connectivity index (χ1v) is 9.81. The molecule has 0 aliphatic carbocycles. The van der Waals surface area contributed by atoms with Gasteiger partial charge in [-0.2, -0.15) is 0 Å². The maximum Gasteiger partial charge on any atom is 0.0479 e. The molecule has 2 aromatic rings. The maximum absolute atomic E-state index is 9.11. The maximum atomic E-state index is 9.11. The van der Waals surface area contributed by atoms with Crippen molar-refractivity contribution >= 4 is 11.4 Å². The summed E-state index contributed by atoms with van der Waals surface area (Å²) in [5, 5.41) is 9.11. The van der Waals surface area contributed by atoms with Crippen molar-refractivity contribution in [3.05, 3.63) is 59.7 Å². The van der Waals surface area contributed by atoms with Gasteiger partial charge in [-0.1, -0.05) is 49.7 Å². The van der Waals surface area contributed by atoms with E-state index in [1.165, 1.54) is 41.9 Å². The van der Waals surface area contributed by atoms with Gasteiger partial charge in [-0.15, -0.1) is 0 Å². The van der Waals surface area contributed by atoms with Crippen LogP contribution in [0.25, 0.3) is 0 Å². The monoisotopic (exact) mass is 352 g/mol. The van der Waals surface area contributed by atoms with Gasteiger partial charge in [-0.3, -0.25) is 0 Å². The van der Waals surface area contributed by atoms with Gasteiger partial charge in [0.15, 0.2) is 0 Å². The van der Waals surface area contributed by atoms with E-state index in [0.717, 1.165) is 18.9 Å². The molecule has 0 fully saturated rings. The summed E-state index contributed by atoms with van der Waals surface area (Å²) in [5.74, 6) is 1.25. The topological polar surface area (TPSA) is 26.7 Å². The Morgan fingerprint density at radius 1 is 0.808 bits per heavy atom. The van der Waals surface area contributed by atoms with Crippen molar-refractivity contribution in [1.82, 2.24) is 0 Å². The van der Waals surface area contributed by atoms with E-state index >= 15 is 0 Å². The summed E-state index contributed by atoms with van der Waals surface area (Å²) >= 11 is 0. The van der Waals surface area contributed by atoms with E-state index in [1.54, 1.807) is 0 Å². The Morgan fingerprint density at radius 3 is 1.77 bits per heavy atom. The fraction of sp³-hybridized carbons (Fsp3) is 0.478. The average Bonchev–Trinajstić information content (AvgIpc) is 2.68. The highest BCUT2D eigenvalue weighted by molar-refractivity contribution is 5.55. The molecular weight excluding hydrogens is 320 g/mol. The Bertz CT molecular complexity index is 653. The molecule has 0 spiro atoms. The van der Waals surface area contributed by atoms with E-state index in [1.807, 2.05) is 0 Å². The first kappa shape index (κ1) is 18.8. The summed E-state index contributed by atoms with van der Waals surface area (Å²) in [6, 6.07) is 17.2. The highest BCUT2D eigenvalue weighted by Gasteiger charge is 2.21. The minimum absolute atomic E-state index is 0.290. The van der Waals surface area contributed by atoms with Gasteiger partial charge >= 0.3 is 0 Å². The Kier molecular flexibility index (Phi) is 6.20. The molecule has 1 N–H and O–H groups in total. The minimum atomic E-state index is 0.290. The second-order valence-corrected chi connectivity index (χ2v) is 7.75. The number of fused-ring (bicyclic) bond motifs is 2. The summed E-state index contributed by atoms with van der Waals surface area (Å²) in [6.07, 6.45) is 3.56. The number of anilines is 2. The van der Waals surface area contributed by atoms with Crippen LogP contribution in [0.15, 0.2) is 48.5 Å². The number of nitrogens with zero attached hydrogens (tertiary/aromatic N) is 2. The fourth-order valence-electron chi connectivity index (χ4n) is 4.23. The number of para-hydroxylation sites is 2. The van der Waals surface area contributed by atoms with Crippen LogP contribution in [0.4, 0.5) is 11.4 Å². The van der Waals surface area contributed by atoms with Crippen LogP contribution in [-0.4, -0.2) is 38.9 Å². The largest absolute Gasteiger partial charge is 0.396 e. The molecule has 0 radical (unpaired) electrons. The highest BCUT2D eigenvalue weighted by atomic mass is 16.3. The molecule has 0 saturated heterocycles. The lowest BCUT2D eigenvalue weighted by Gasteiger charge is -2.32. The fourth-order valence-corrected chi connectivity index (χ4v) is 4.23. The number of hydrogen-bond donors (Lipinski definition) is 1. The second kappa shape index (κ2) is 8.59. The number of benzene rings is 2. The molecule has 2 atom stereocenters. The van der Waals surface area contributed by atoms with Crippen molar-refractivity contribution in [3.63, 3.8) is 0 Å². The van der Waals surface area contributed by atoms with Crippen molar-refractivity contribution in [2.45, 2.75) is 26.2 Å². The SMILES string of the molecule is CCC1Cc2ccccc2N(C)C1.CN1CC(CO)Cc2ccccc21. The lowest BCUT2D eigenvalue weighted by atomic mass is 9.91. The predicted octanol–water partition coefficient (Wildman–Crippen LogP) is 3.99. The van der Waals surface area contributed by atoms with Crippen LogP contribution in [0.3, 0.4) is 0 Å². The van der Waals surface area contributed by atoms with Crippen molar-refractivity contribution in [2.75, 3.05) is 43.6 Å². The molecule has 2 aliphatic rings. The minimum Gasteiger partial charge on any atom is -0.396 e. The van der Waals surface area contributed by atoms with Crippen LogP contribution in [-0.2, 0) is 12.8 Å². The summed E-state index contributed by atoms with van der Waals surface area (Å²) in [4.78, 5) is 4.60. The highest BCUT2D eigenvalue weighted by Crippen LogP contribution is 2.29. The molecule has 3 nitrogen and oxygen atoms in total. The zero-order valence-corrected chi connectivity index (χ0v) is 16.4. The second-order valence-electron chi connectivity index (χ2n) is 7.75. The Morgan fingerprint density at radius 2 is 1.27 bits per heavy atom. The van der Waals surface area contributed by atoms with Gasteiger partial charge in [0, 0.05) is 51.1 Å². The van der Waals surface area contributed by atoms with Crippen LogP contribution >= 0.6 is 0 Å². The van der Waals surface area contributed by atoms with Gasteiger partial charge in [-0.05, 0) is 42.0 Å². The molecule has 26 heavy (non-hydrogen) atoms. The summed E-state index contributed by atoms with van der Waals surface area (Å²) in [5.41, 5.74) is 5.61. The van der Waals surface area contributed by atoms with Crippen LogP contribution in [0, 0.1) is 11.8 Å². The van der Waals surface area contributed by atoms with Gasteiger partial charge in [-0.25, -0.2) is 0 Å². The Hall–Kier alpha value is -2.00. The summed E-state index contributed by atoms with van der Waals surface area (Å²) in [6.45, 7) is 4.76. The van der Waals surface area contributed by atoms with Crippen LogP contribution in [0.5, 0.6) is 0 Å². The third-order valence-corrected chi connectivity index (χ3v) is 5.72. The molecule has 2 aromatic carbocycles. The van der Waals surface area contributed by atoms with Crippen molar-refractivity contribution in [2.24, 2.45) is 11.8 Å². The first-order chi connectivity index (χ1) is 12.6. The van der Waals surface area contributed by atoms with Gasteiger partial charge in [0.25, 0.3) is 0 Å². The lowest BCUT2D eigenvalue weighted by Crippen LogP contribution is -2.33. The number of rotatable bonds is 2. The zero-order valence-electron chi connectivity index (χ0n) is 16.4. The first-order valence-electron chi connectivity index (χ1n) is 9.81. The summed E-state index contributed by atoms with van der Waals surface area (Å²) < 4.78 is 0. The average molecular weight is 353 g/mol. The van der Waals surface area contributed by atoms with E-state index in [0.29, 0.717) is 12.5 Å². The molecule has 0 bridgehead atoms. The van der Waals surface area contributed by atoms with Gasteiger partial charge < -0.3 is 14.9 Å². The van der Waals surface area contributed by atoms with E-state index in [9.17, 15) is 0 Å². The normalized spacial score (nSPS) is 21.4. The van der Waals surface area contributed by atoms with Crippen LogP contribution in [0.2, 0.25) is 0 Å². The Balaban J connectivity index is 0.000000151. The predicted molar refractivity (Wildman–Crippen MR) is 111 cm³/mol. The van der Waals surface area contributed by atoms with Crippen molar-refractivity contribution < 1.29 is 5.11 Å². The van der Waals surface area contributed by atoms with Gasteiger partial charge in [0.05, 0.1) is 0 Å². The third-order valence-electron chi connectivity index (χ3n) is 5.72. The van der Waals surface area contributed by atoms with Crippen molar-refractivity contribution in [1.29, 1.82) is 0 Å². The number of aliphatic hydroxyl groups excluding tert-OH is 1. The molecule has 2 heterocycles. The number of hydrogen-bond acceptors (Lipinski definition) is 3. The molecular formula is C23H32N2O. The molecule has 4 rings (SSSR count). The quantitative estimate of drug-likeness (QED) is 0.885. The molecule has 0 saturated carbocycles. The smallest absolute Gasteiger partial charge is 0.0479 e. The third kappa shape index (κ3) is 4.21. The molecule has 0 aromatic heterocycles. The molecule has 140 valence electrons. The van der Waals surface area contributed by atoms with E-state index in [-0.39, 0.29) is 0 Å². The van der Waals surface area contributed by atoms with E-state index in [4.69, 9.17) is 5.11 Å². The van der Waals surface area contributed by atoms with Crippen LogP contribution in [0.1, 0.15) is 24.5 Å². The molecule has 2 unspecified atom stereocenters. The molecule has 0 amide bonds. The number of aliphatic hydroxyl groups is 1. The van der Waals surface area contributed by atoms with E-state index in [2.05, 4.69) is 79.3 Å². The Labute approximate surface area is 158 Å². The lowest BCUT2D eigenvalue weighted by molar-refractivity contribution is 0.225. The van der Waals surface area contributed by atoms with Crippen molar-refractivity contribution in [3.8, 4) is 0 Å². The molecule has 3 heteroatoms. The zero-order chi connectivity index (χ0) is 18.5. The standard InChI is InChI=1S/C12H17N.C11H15NO/c1-3-10-8-11-6-4-5-7-12(11)13(2)9-10;1-12-7-9(8-13)6-10-4-2-3-5-11(10)12/h4-7,10H,3,8-9H2,1-2H3;2-5,9,13H,6-8H2,1H3. The van der Waals surface area contributed by atoms with Gasteiger partial charge in [0.1, 0.15) is 0 Å². The van der Waals surface area contributed by atoms with Gasteiger partial charge in [0.2, 0.25) is 0 Å².